The summed E-state index contributed by atoms with van der Waals surface area (Å²) in [6, 6.07) is 7.08. The molecule has 1 saturated heterocycles. The van der Waals surface area contributed by atoms with Gasteiger partial charge in [0.25, 0.3) is 0 Å². The first-order valence-corrected chi connectivity index (χ1v) is 14.9. The van der Waals surface area contributed by atoms with E-state index in [4.69, 9.17) is 18.8 Å². The fourth-order valence-electron chi connectivity index (χ4n) is 4.26. The van der Waals surface area contributed by atoms with Gasteiger partial charge in [0.2, 0.25) is 0 Å². The molecule has 0 spiro atoms. The smallest absolute Gasteiger partial charge is 0.496 e. The molecule has 1 aliphatic heterocycles. The SMILES string of the molecule is CC.CC1CC1.COB(I)O[C@@H]1CCN(C2CCCCC2)C1.COCCc1ccc(C)c(OC)c1. The quantitative estimate of drug-likeness (QED) is 0.234. The average Bonchev–Trinajstić information content (AvgIpc) is 3.55. The van der Waals surface area contributed by atoms with Gasteiger partial charge >= 0.3 is 4.97 Å². The molecule has 35 heavy (non-hydrogen) atoms. The normalized spacial score (nSPS) is 19.9. The van der Waals surface area contributed by atoms with E-state index in [-0.39, 0.29) is 4.97 Å². The van der Waals surface area contributed by atoms with E-state index < -0.39 is 0 Å². The molecule has 0 radical (unpaired) electrons. The molecule has 1 heterocycles. The summed E-state index contributed by atoms with van der Waals surface area (Å²) in [5.74, 6) is 2.04. The van der Waals surface area contributed by atoms with Crippen LogP contribution in [0.3, 0.4) is 0 Å². The average molecular weight is 603 g/mol. The summed E-state index contributed by atoms with van der Waals surface area (Å²) < 4.78 is 21.2. The highest BCUT2D eigenvalue weighted by atomic mass is 127. The monoisotopic (exact) mass is 603 g/mol. The lowest BCUT2D eigenvalue weighted by atomic mass is 9.94. The van der Waals surface area contributed by atoms with Crippen LogP contribution < -0.4 is 4.74 Å². The molecule has 0 amide bonds. The van der Waals surface area contributed by atoms with Crippen LogP contribution in [0, 0.1) is 12.8 Å². The Balaban J connectivity index is 0.000000288. The van der Waals surface area contributed by atoms with Crippen molar-refractivity contribution in [2.75, 3.05) is 41.0 Å². The Morgan fingerprint density at radius 3 is 2.20 bits per heavy atom. The number of ether oxygens (including phenoxy) is 2. The van der Waals surface area contributed by atoms with E-state index in [0.29, 0.717) is 6.10 Å². The Hall–Kier alpha value is -0.345. The van der Waals surface area contributed by atoms with Crippen molar-refractivity contribution in [3.8, 4) is 5.75 Å². The van der Waals surface area contributed by atoms with Crippen LogP contribution in [0.1, 0.15) is 83.3 Å². The van der Waals surface area contributed by atoms with Crippen LogP contribution in [0.25, 0.3) is 0 Å². The number of hydrogen-bond acceptors (Lipinski definition) is 5. The first kappa shape index (κ1) is 32.7. The predicted octanol–water partition coefficient (Wildman–Crippen LogP) is 7.11. The molecule has 5 nitrogen and oxygen atoms in total. The Labute approximate surface area is 230 Å². The van der Waals surface area contributed by atoms with E-state index in [1.54, 1.807) is 21.3 Å². The van der Waals surface area contributed by atoms with Crippen LogP contribution in [-0.4, -0.2) is 63.0 Å². The number of benzene rings is 1. The second-order valence-electron chi connectivity index (χ2n) is 9.57. The molecule has 1 aromatic rings. The maximum Gasteiger partial charge on any atom is 0.532 e. The third kappa shape index (κ3) is 14.2. The topological polar surface area (TPSA) is 40.2 Å². The van der Waals surface area contributed by atoms with E-state index in [2.05, 4.69) is 52.4 Å². The van der Waals surface area contributed by atoms with Crippen molar-refractivity contribution in [2.24, 2.45) is 5.92 Å². The van der Waals surface area contributed by atoms with Gasteiger partial charge in [-0.3, -0.25) is 4.90 Å². The van der Waals surface area contributed by atoms with Gasteiger partial charge in [0.05, 0.1) is 19.8 Å². The van der Waals surface area contributed by atoms with E-state index in [0.717, 1.165) is 37.3 Å². The first-order valence-electron chi connectivity index (χ1n) is 13.7. The Morgan fingerprint density at radius 2 is 1.66 bits per heavy atom. The number of hydrogen-bond donors (Lipinski definition) is 0. The molecule has 4 rings (SSSR count). The molecule has 1 aromatic carbocycles. The van der Waals surface area contributed by atoms with Gasteiger partial charge in [0.1, 0.15) is 5.75 Å². The minimum Gasteiger partial charge on any atom is -0.496 e. The molecule has 2 aliphatic carbocycles. The van der Waals surface area contributed by atoms with Gasteiger partial charge < -0.3 is 18.8 Å². The van der Waals surface area contributed by atoms with Crippen molar-refractivity contribution in [1.82, 2.24) is 4.90 Å². The van der Waals surface area contributed by atoms with Gasteiger partial charge in [-0.15, -0.1) is 0 Å². The van der Waals surface area contributed by atoms with Crippen molar-refractivity contribution < 1.29 is 18.8 Å². The second-order valence-corrected chi connectivity index (χ2v) is 10.6. The van der Waals surface area contributed by atoms with Crippen molar-refractivity contribution in [1.29, 1.82) is 0 Å². The Morgan fingerprint density at radius 1 is 1.00 bits per heavy atom. The van der Waals surface area contributed by atoms with Gasteiger partial charge in [-0.25, -0.2) is 0 Å². The molecule has 2 saturated carbocycles. The molecule has 0 unspecified atom stereocenters. The highest BCUT2D eigenvalue weighted by Gasteiger charge is 2.31. The summed E-state index contributed by atoms with van der Waals surface area (Å²) in [6.07, 6.45) is 12.5. The van der Waals surface area contributed by atoms with E-state index in [1.807, 2.05) is 20.8 Å². The summed E-state index contributed by atoms with van der Waals surface area (Å²) in [7, 11) is 5.11. The zero-order valence-corrected chi connectivity index (χ0v) is 25.6. The molecule has 1 atom stereocenters. The van der Waals surface area contributed by atoms with Crippen LogP contribution in [0.15, 0.2) is 18.2 Å². The van der Waals surface area contributed by atoms with Crippen molar-refractivity contribution in [3.63, 3.8) is 0 Å². The lowest BCUT2D eigenvalue weighted by molar-refractivity contribution is 0.141. The molecule has 3 fully saturated rings. The van der Waals surface area contributed by atoms with E-state index in [9.17, 15) is 0 Å². The van der Waals surface area contributed by atoms with Crippen molar-refractivity contribution >= 4 is 27.3 Å². The first-order chi connectivity index (χ1) is 17.0. The molecular formula is C28H51BINO4. The number of nitrogens with zero attached hydrogens (tertiary/aromatic N) is 1. The standard InChI is InChI=1S/C11H21BINO2.C11H16O2.C4H8.C2H6/c1-15-12(13)16-11-7-8-14(9-11)10-5-3-2-4-6-10;1-9-4-5-10(6-7-12-2)8-11(9)13-3;1-4-2-3-4;1-2/h10-11H,2-9H2,1H3;4-5,8H,6-7H2,1-3H3;4H,2-3H2,1H3;1-2H3/t11-;;;/m1.../s1. The van der Waals surface area contributed by atoms with Crippen molar-refractivity contribution in [2.45, 2.75) is 97.6 Å². The molecule has 0 aromatic heterocycles. The number of methoxy groups -OCH3 is 2. The van der Waals surface area contributed by atoms with Gasteiger partial charge in [-0.2, -0.15) is 0 Å². The molecule has 7 heteroatoms. The molecule has 202 valence electrons. The second kappa shape index (κ2) is 19.7. The lowest BCUT2D eigenvalue weighted by Crippen LogP contribution is -2.36. The van der Waals surface area contributed by atoms with Crippen LogP contribution in [-0.2, 0) is 20.5 Å². The highest BCUT2D eigenvalue weighted by Crippen LogP contribution is 2.27. The summed E-state index contributed by atoms with van der Waals surface area (Å²) in [4.78, 5) is 2.54. The third-order valence-electron chi connectivity index (χ3n) is 6.69. The molecule has 3 aliphatic rings. The summed E-state index contributed by atoms with van der Waals surface area (Å²) in [6.45, 7) is 11.4. The number of rotatable bonds is 8. The molecular weight excluding hydrogens is 552 g/mol. The van der Waals surface area contributed by atoms with Crippen molar-refractivity contribution in [3.05, 3.63) is 29.3 Å². The fraction of sp³-hybridized carbons (Fsp3) is 0.786. The van der Waals surface area contributed by atoms with E-state index >= 15 is 0 Å². The fourth-order valence-corrected chi connectivity index (χ4v) is 4.67. The third-order valence-corrected chi connectivity index (χ3v) is 7.49. The van der Waals surface area contributed by atoms with Crippen LogP contribution >= 0.6 is 22.4 Å². The number of likely N-dealkylation sites (tertiary alicyclic amines) is 1. The molecule has 0 bridgehead atoms. The van der Waals surface area contributed by atoms with Gasteiger partial charge in [0.15, 0.2) is 0 Å². The van der Waals surface area contributed by atoms with Crippen LogP contribution in [0.4, 0.5) is 0 Å². The van der Waals surface area contributed by atoms with Crippen LogP contribution in [0.5, 0.6) is 5.75 Å². The van der Waals surface area contributed by atoms with E-state index in [1.165, 1.54) is 69.0 Å². The lowest BCUT2D eigenvalue weighted by Gasteiger charge is -2.31. The van der Waals surface area contributed by atoms with Gasteiger partial charge in [-0.1, -0.05) is 87.4 Å². The maximum absolute atomic E-state index is 5.80. The Bertz CT molecular complexity index is 656. The maximum atomic E-state index is 5.80. The highest BCUT2D eigenvalue weighted by molar-refractivity contribution is 14.1. The Kier molecular flexibility index (Phi) is 18.4. The zero-order chi connectivity index (χ0) is 26.1. The zero-order valence-electron chi connectivity index (χ0n) is 23.5. The van der Waals surface area contributed by atoms with Gasteiger partial charge in [0, 0.05) is 33.4 Å². The van der Waals surface area contributed by atoms with Crippen LogP contribution in [0.2, 0.25) is 0 Å². The number of aryl methyl sites for hydroxylation is 1. The predicted molar refractivity (Wildman–Crippen MR) is 158 cm³/mol. The largest absolute Gasteiger partial charge is 0.532 e. The number of halogens is 1. The summed E-state index contributed by atoms with van der Waals surface area (Å²) in [5.41, 5.74) is 2.42. The summed E-state index contributed by atoms with van der Waals surface area (Å²) >= 11 is 2.19. The van der Waals surface area contributed by atoms with Gasteiger partial charge in [-0.05, 0) is 55.7 Å². The molecule has 0 N–H and O–H groups in total. The minimum atomic E-state index is -0.0890. The minimum absolute atomic E-state index is 0.0890. The summed E-state index contributed by atoms with van der Waals surface area (Å²) in [5, 5.41) is 0.